The summed E-state index contributed by atoms with van der Waals surface area (Å²) in [6.07, 6.45) is 6.28. The number of carbonyl (C=O) groups excluding carboxylic acids is 1. The summed E-state index contributed by atoms with van der Waals surface area (Å²) >= 11 is 0. The summed E-state index contributed by atoms with van der Waals surface area (Å²) in [7, 11) is 1.36. The molecule has 0 bridgehead atoms. The zero-order valence-electron chi connectivity index (χ0n) is 21.1. The van der Waals surface area contributed by atoms with Gasteiger partial charge in [0, 0.05) is 31.6 Å². The van der Waals surface area contributed by atoms with Gasteiger partial charge in [0.2, 0.25) is 0 Å². The van der Waals surface area contributed by atoms with Crippen LogP contribution in [0.25, 0.3) is 16.7 Å². The lowest BCUT2D eigenvalue weighted by molar-refractivity contribution is 0.0594. The summed E-state index contributed by atoms with van der Waals surface area (Å²) in [4.78, 5) is 22.2. The lowest BCUT2D eigenvalue weighted by Gasteiger charge is -2.38. The topological polar surface area (TPSA) is 87.3 Å². The molecule has 2 aromatic heterocycles. The molecule has 3 fully saturated rings. The molecular formula is C28H31FN6O2. The first-order valence-corrected chi connectivity index (χ1v) is 13.2. The number of nitrogens with zero attached hydrogens (tertiary/aromatic N) is 6. The van der Waals surface area contributed by atoms with Gasteiger partial charge in [-0.05, 0) is 69.0 Å². The molecule has 0 radical (unpaired) electrons. The van der Waals surface area contributed by atoms with Gasteiger partial charge in [0.1, 0.15) is 5.82 Å². The summed E-state index contributed by atoms with van der Waals surface area (Å²) < 4.78 is 20.5. The molecule has 6 rings (SSSR count). The highest BCUT2D eigenvalue weighted by Crippen LogP contribution is 2.43. The van der Waals surface area contributed by atoms with Gasteiger partial charge in [0.05, 0.1) is 41.6 Å². The minimum Gasteiger partial charge on any atom is -0.464 e. The van der Waals surface area contributed by atoms with Crippen LogP contribution < -0.4 is 4.90 Å². The largest absolute Gasteiger partial charge is 0.464 e. The van der Waals surface area contributed by atoms with E-state index in [-0.39, 0.29) is 17.4 Å². The number of nitriles is 1. The maximum atomic E-state index is 13.7. The third kappa shape index (κ3) is 4.33. The lowest BCUT2D eigenvalue weighted by atomic mass is 9.82. The molecule has 1 atom stereocenters. The number of fused-ring (bicyclic) bond motifs is 1. The van der Waals surface area contributed by atoms with Crippen molar-refractivity contribution in [1.82, 2.24) is 19.7 Å². The Labute approximate surface area is 215 Å². The Morgan fingerprint density at radius 1 is 1.11 bits per heavy atom. The van der Waals surface area contributed by atoms with E-state index in [1.54, 1.807) is 16.8 Å². The minimum absolute atomic E-state index is 0.141. The Bertz CT molecular complexity index is 1350. The van der Waals surface area contributed by atoms with Crippen molar-refractivity contribution in [2.75, 3.05) is 38.2 Å². The summed E-state index contributed by atoms with van der Waals surface area (Å²) in [6.45, 7) is 3.56. The van der Waals surface area contributed by atoms with Crippen LogP contribution in [0.1, 0.15) is 60.6 Å². The number of likely N-dealkylation sites (tertiary alicyclic amines) is 1. The number of anilines is 1. The molecule has 2 aliphatic heterocycles. The molecule has 0 amide bonds. The van der Waals surface area contributed by atoms with E-state index in [0.29, 0.717) is 23.3 Å². The average molecular weight is 503 g/mol. The van der Waals surface area contributed by atoms with Gasteiger partial charge in [-0.25, -0.2) is 18.9 Å². The third-order valence-electron chi connectivity index (χ3n) is 8.33. The molecule has 1 aromatic carbocycles. The number of esters is 1. The predicted molar refractivity (Wildman–Crippen MR) is 137 cm³/mol. The van der Waals surface area contributed by atoms with Crippen LogP contribution in [0.5, 0.6) is 0 Å². The zero-order valence-corrected chi connectivity index (χ0v) is 21.1. The quantitative estimate of drug-likeness (QED) is 0.477. The van der Waals surface area contributed by atoms with Gasteiger partial charge >= 0.3 is 5.97 Å². The molecule has 0 spiro atoms. The lowest BCUT2D eigenvalue weighted by Crippen LogP contribution is -2.44. The van der Waals surface area contributed by atoms with Crippen molar-refractivity contribution in [2.24, 2.45) is 5.92 Å². The van der Waals surface area contributed by atoms with Gasteiger partial charge in [-0.1, -0.05) is 6.42 Å². The molecule has 9 heteroatoms. The monoisotopic (exact) mass is 502 g/mol. The Balaban J connectivity index is 1.41. The van der Waals surface area contributed by atoms with E-state index in [1.165, 1.54) is 25.7 Å². The molecular weight excluding hydrogens is 471 g/mol. The minimum atomic E-state index is -0.491. The van der Waals surface area contributed by atoms with E-state index < -0.39 is 5.97 Å². The molecule has 4 heterocycles. The Morgan fingerprint density at radius 2 is 1.86 bits per heavy atom. The number of piperidine rings is 1. The highest BCUT2D eigenvalue weighted by molar-refractivity contribution is 5.99. The summed E-state index contributed by atoms with van der Waals surface area (Å²) in [5, 5.41) is 15.3. The highest BCUT2D eigenvalue weighted by Gasteiger charge is 2.34. The number of pyridine rings is 1. The maximum Gasteiger partial charge on any atom is 0.356 e. The number of aromatic nitrogens is 3. The Morgan fingerprint density at radius 3 is 2.49 bits per heavy atom. The van der Waals surface area contributed by atoms with Gasteiger partial charge < -0.3 is 9.64 Å². The fourth-order valence-electron chi connectivity index (χ4n) is 6.01. The number of methoxy groups -OCH3 is 1. The van der Waals surface area contributed by atoms with Gasteiger partial charge in [-0.2, -0.15) is 10.4 Å². The summed E-state index contributed by atoms with van der Waals surface area (Å²) in [5.41, 5.74) is 3.52. The molecule has 192 valence electrons. The van der Waals surface area contributed by atoms with E-state index in [1.807, 2.05) is 6.07 Å². The molecule has 1 saturated carbocycles. The van der Waals surface area contributed by atoms with Crippen molar-refractivity contribution in [3.05, 3.63) is 47.5 Å². The fourth-order valence-corrected chi connectivity index (χ4v) is 6.01. The first-order valence-electron chi connectivity index (χ1n) is 13.2. The zero-order chi connectivity index (χ0) is 25.5. The smallest absolute Gasteiger partial charge is 0.356 e. The second-order valence-corrected chi connectivity index (χ2v) is 10.4. The van der Waals surface area contributed by atoms with Crippen LogP contribution in [0.3, 0.4) is 0 Å². The van der Waals surface area contributed by atoms with Crippen LogP contribution in [0.2, 0.25) is 0 Å². The third-order valence-corrected chi connectivity index (χ3v) is 8.33. The van der Waals surface area contributed by atoms with Crippen LogP contribution in [-0.2, 0) is 4.74 Å². The SMILES string of the molecule is COC(=O)c1cc(N2CCC(N3CCC(C#N)C3)CC2)c2c(C3CCC3)nn(-c3ccc(F)cc3)c2n1. The fraction of sp³-hybridized carbons (Fsp3) is 0.500. The molecule has 3 aromatic rings. The summed E-state index contributed by atoms with van der Waals surface area (Å²) in [6, 6.07) is 11.0. The van der Waals surface area contributed by atoms with Gasteiger partial charge in [0.15, 0.2) is 11.3 Å². The molecule has 2 saturated heterocycles. The molecule has 37 heavy (non-hydrogen) atoms. The second kappa shape index (κ2) is 9.75. The van der Waals surface area contributed by atoms with Crippen molar-refractivity contribution >= 4 is 22.7 Å². The van der Waals surface area contributed by atoms with Crippen LogP contribution in [0, 0.1) is 23.1 Å². The van der Waals surface area contributed by atoms with Crippen molar-refractivity contribution < 1.29 is 13.9 Å². The molecule has 8 nitrogen and oxygen atoms in total. The van der Waals surface area contributed by atoms with Crippen molar-refractivity contribution in [3.8, 4) is 11.8 Å². The van der Waals surface area contributed by atoms with Gasteiger partial charge in [0.25, 0.3) is 0 Å². The Hall–Kier alpha value is -3.51. The molecule has 1 unspecified atom stereocenters. The van der Waals surface area contributed by atoms with Gasteiger partial charge in [-0.3, -0.25) is 4.90 Å². The van der Waals surface area contributed by atoms with E-state index in [9.17, 15) is 14.4 Å². The van der Waals surface area contributed by atoms with Crippen molar-refractivity contribution in [3.63, 3.8) is 0 Å². The van der Waals surface area contributed by atoms with Crippen molar-refractivity contribution in [2.45, 2.75) is 50.5 Å². The van der Waals surface area contributed by atoms with E-state index >= 15 is 0 Å². The number of carbonyl (C=O) groups is 1. The number of rotatable bonds is 5. The first kappa shape index (κ1) is 23.9. The van der Waals surface area contributed by atoms with E-state index in [2.05, 4.69) is 15.9 Å². The molecule has 0 N–H and O–H groups in total. The van der Waals surface area contributed by atoms with Crippen LogP contribution >= 0.6 is 0 Å². The van der Waals surface area contributed by atoms with E-state index in [4.69, 9.17) is 14.8 Å². The average Bonchev–Trinajstić information content (AvgIpc) is 3.53. The predicted octanol–water partition coefficient (Wildman–Crippen LogP) is 4.43. The number of halogens is 1. The van der Waals surface area contributed by atoms with Gasteiger partial charge in [-0.15, -0.1) is 0 Å². The van der Waals surface area contributed by atoms with E-state index in [0.717, 1.165) is 75.1 Å². The maximum absolute atomic E-state index is 13.7. The highest BCUT2D eigenvalue weighted by atomic mass is 19.1. The number of hydrogen-bond acceptors (Lipinski definition) is 7. The normalized spacial score (nSPS) is 21.2. The standard InChI is InChI=1S/C28H31FN6O2/c1-37-28(36)23-15-24(33-13-10-21(11-14-33)34-12-9-18(16-30)17-34)25-26(19-3-2-4-19)32-35(27(25)31-23)22-7-5-20(29)6-8-22/h5-8,15,18-19,21H,2-4,9-14,17H2,1H3. The Kier molecular flexibility index (Phi) is 6.29. The number of hydrogen-bond donors (Lipinski definition) is 0. The summed E-state index contributed by atoms with van der Waals surface area (Å²) in [5.74, 6) is -0.318. The van der Waals surface area contributed by atoms with Crippen LogP contribution in [0.4, 0.5) is 10.1 Å². The van der Waals surface area contributed by atoms with Crippen LogP contribution in [0.15, 0.2) is 30.3 Å². The number of ether oxygens (including phenoxy) is 1. The molecule has 1 aliphatic carbocycles. The first-order chi connectivity index (χ1) is 18.1. The number of benzene rings is 1. The van der Waals surface area contributed by atoms with Crippen molar-refractivity contribution in [1.29, 1.82) is 5.26 Å². The van der Waals surface area contributed by atoms with Crippen LogP contribution in [-0.4, -0.2) is 65.0 Å². The molecule has 3 aliphatic rings. The second-order valence-electron chi connectivity index (χ2n) is 10.4.